The van der Waals surface area contributed by atoms with E-state index in [1.807, 2.05) is 58.3 Å². The molecule has 0 unspecified atom stereocenters. The molecule has 1 aliphatic carbocycles. The van der Waals surface area contributed by atoms with E-state index in [1.165, 1.54) is 166 Å². The number of benzene rings is 23. The van der Waals surface area contributed by atoms with Crippen LogP contribution in [0.4, 0.5) is 51.2 Å². The van der Waals surface area contributed by atoms with Crippen molar-refractivity contribution >= 4 is 190 Å². The highest BCUT2D eigenvalue weighted by Crippen LogP contribution is 2.52. The fourth-order valence-corrected chi connectivity index (χ4v) is 25.3. The molecule has 0 bridgehead atoms. The maximum atomic E-state index is 6.09. The zero-order valence-electron chi connectivity index (χ0n) is 81.8. The maximum absolute atomic E-state index is 6.09. The van der Waals surface area contributed by atoms with Crippen LogP contribution in [-0.4, -0.2) is 0 Å². The summed E-state index contributed by atoms with van der Waals surface area (Å²) in [4.78, 5) is 7.01. The van der Waals surface area contributed by atoms with Crippen molar-refractivity contribution < 1.29 is 8.83 Å². The van der Waals surface area contributed by atoms with Crippen LogP contribution < -0.4 is 14.7 Å². The van der Waals surface area contributed by atoms with E-state index >= 15 is 0 Å². The Hall–Kier alpha value is -18.3. The van der Waals surface area contributed by atoms with Crippen molar-refractivity contribution in [2.24, 2.45) is 0 Å². The van der Waals surface area contributed by atoms with Crippen LogP contribution >= 0.6 is 34.0 Å². The number of thiophene rings is 3. The SMILES string of the molecule is CC1(C)c2ccccc2-c2cc(-c3ccc(N(c4ccc(-c5ccccc5)cc4)c4ccc(-c5ccc6sc7ccccc7c6c5)cc4)cc3)ccc21.c1ccc(-c2ccc(N(c3ccc(-c4ccc5oc6ccccc6c5c4)cc3)c3ccc(-c4ccc5sc6ccccc6c5c4)cc3)cc2)cc1.c1ccc(N(c2ccc(-c3ccc4oc5ccccc5c4c3)cc2)c2ccc(-c3ccc4sc5ccccc5c4c3)cc2)cc1. The van der Waals surface area contributed by atoms with Crippen LogP contribution in [-0.2, 0) is 5.41 Å². The van der Waals surface area contributed by atoms with E-state index in [0.717, 1.165) is 101 Å². The van der Waals surface area contributed by atoms with Gasteiger partial charge in [-0.2, -0.15) is 0 Å². The largest absolute Gasteiger partial charge is 0.456 e. The molecular weight excluding hydrogens is 1860 g/mol. The van der Waals surface area contributed by atoms with E-state index in [1.54, 1.807) is 0 Å². The van der Waals surface area contributed by atoms with Gasteiger partial charge in [-0.1, -0.05) is 347 Å². The average Bonchev–Trinajstić information content (AvgIpc) is 1.58. The molecule has 0 N–H and O–H groups in total. The molecule has 0 amide bonds. The van der Waals surface area contributed by atoms with E-state index in [9.17, 15) is 0 Å². The highest BCUT2D eigenvalue weighted by molar-refractivity contribution is 7.26. The Bertz CT molecular complexity index is 9570. The molecule has 1 aliphatic rings. The Morgan fingerprint density at radius 2 is 0.362 bits per heavy atom. The smallest absolute Gasteiger partial charge is 0.135 e. The summed E-state index contributed by atoms with van der Waals surface area (Å²) in [6.45, 7) is 4.67. The molecule has 0 spiro atoms. The number of furan rings is 2. The third kappa shape index (κ3) is 16.9. The van der Waals surface area contributed by atoms with Crippen LogP contribution in [0, 0.1) is 0 Å². The molecule has 0 saturated heterocycles. The molecule has 28 aromatic rings. The number of hydrogen-bond acceptors (Lipinski definition) is 8. The van der Waals surface area contributed by atoms with Crippen molar-refractivity contribution in [2.45, 2.75) is 19.3 Å². The van der Waals surface area contributed by atoms with Crippen molar-refractivity contribution in [1.82, 2.24) is 0 Å². The van der Waals surface area contributed by atoms with Crippen molar-refractivity contribution in [3.8, 4) is 100 Å². The second-order valence-electron chi connectivity index (χ2n) is 38.9. The fourth-order valence-electron chi connectivity index (χ4n) is 22.0. The predicted octanol–water partition coefficient (Wildman–Crippen LogP) is 42.0. The normalized spacial score (nSPS) is 12.0. The first-order chi connectivity index (χ1) is 73.5. The molecular formula is C141H95N3O2S3. The first kappa shape index (κ1) is 89.6. The van der Waals surface area contributed by atoms with E-state index in [-0.39, 0.29) is 5.41 Å². The van der Waals surface area contributed by atoms with E-state index in [2.05, 4.69) is 544 Å². The van der Waals surface area contributed by atoms with Gasteiger partial charge in [0.05, 0.1) is 0 Å². The van der Waals surface area contributed by atoms with Gasteiger partial charge >= 0.3 is 0 Å². The molecule has 704 valence electrons. The van der Waals surface area contributed by atoms with E-state index < -0.39 is 0 Å². The van der Waals surface area contributed by atoms with Crippen LogP contribution in [0.15, 0.2) is 549 Å². The van der Waals surface area contributed by atoms with Gasteiger partial charge < -0.3 is 23.5 Å². The van der Waals surface area contributed by atoms with Crippen LogP contribution in [0.2, 0.25) is 0 Å². The van der Waals surface area contributed by atoms with Gasteiger partial charge in [0.25, 0.3) is 0 Å². The number of rotatable bonds is 17. The first-order valence-electron chi connectivity index (χ1n) is 50.7. The minimum atomic E-state index is 0.00541. The summed E-state index contributed by atoms with van der Waals surface area (Å²) in [6.07, 6.45) is 0. The lowest BCUT2D eigenvalue weighted by Crippen LogP contribution is -2.14. The average molecular weight is 1960 g/mol. The number of para-hydroxylation sites is 3. The van der Waals surface area contributed by atoms with E-state index in [4.69, 9.17) is 8.83 Å². The summed E-state index contributed by atoms with van der Waals surface area (Å²) in [5, 5.41) is 12.5. The molecule has 0 saturated carbocycles. The number of fused-ring (bicyclic) bond motifs is 18. The summed E-state index contributed by atoms with van der Waals surface area (Å²) in [5.41, 5.74) is 38.4. The molecule has 0 radical (unpaired) electrons. The molecule has 5 nitrogen and oxygen atoms in total. The van der Waals surface area contributed by atoms with Gasteiger partial charge in [-0.15, -0.1) is 34.0 Å². The van der Waals surface area contributed by atoms with Gasteiger partial charge in [0.1, 0.15) is 22.3 Å². The number of anilines is 9. The second-order valence-corrected chi connectivity index (χ2v) is 42.2. The Morgan fingerprint density at radius 1 is 0.148 bits per heavy atom. The Labute approximate surface area is 876 Å². The second kappa shape index (κ2) is 38.0. The van der Waals surface area contributed by atoms with Crippen LogP contribution in [0.1, 0.15) is 25.0 Å². The van der Waals surface area contributed by atoms with Gasteiger partial charge in [-0.3, -0.25) is 0 Å². The standard InChI is InChI=1S/C51H37NS.C48H31NOS.C42H27NOS/c1-51(2)47-14-8-6-12-43(47)45-32-38(22-30-48(45)51)36-18-26-41(27-19-36)52(40-24-16-35(17-25-40)34-10-4-3-5-11-34)42-28-20-37(21-29-42)39-23-31-50-46(33-39)44-13-7-9-15-49(44)53-50;1-2-8-32(9-3-1)33-14-22-38(23-15-33)49(39-24-16-34(17-25-39)36-20-28-46-43(30-36)41-10-4-6-12-45(41)50-46)40-26-18-35(19-27-40)37-21-29-48-44(31-37)42-11-5-7-13-47(42)51-48;1-2-8-32(9-3-1)43(33-20-14-28(15-21-33)30-18-24-40-37(26-30)35-10-4-6-12-39(35)44-40)34-22-16-29(17-23-34)31-19-25-42-38(27-31)36-11-5-7-13-41(36)45-42/h3-33H,1-2H3;1-31H;1-27H. The summed E-state index contributed by atoms with van der Waals surface area (Å²) >= 11 is 5.57. The lowest BCUT2D eigenvalue weighted by molar-refractivity contribution is 0.660. The summed E-state index contributed by atoms with van der Waals surface area (Å²) in [5.74, 6) is 0. The molecule has 5 heterocycles. The van der Waals surface area contributed by atoms with Crippen LogP contribution in [0.25, 0.3) is 205 Å². The fraction of sp³-hybridized carbons (Fsp3) is 0.0213. The summed E-state index contributed by atoms with van der Waals surface area (Å²) in [6, 6.07) is 195. The lowest BCUT2D eigenvalue weighted by atomic mass is 9.82. The quantitative estimate of drug-likeness (QED) is 0.0908. The molecule has 0 fully saturated rings. The number of nitrogens with zero attached hydrogens (tertiary/aromatic N) is 3. The molecule has 29 rings (SSSR count). The zero-order chi connectivity index (χ0) is 99.0. The summed E-state index contributed by atoms with van der Waals surface area (Å²) in [7, 11) is 0. The Morgan fingerprint density at radius 3 is 0.698 bits per heavy atom. The van der Waals surface area contributed by atoms with Crippen molar-refractivity contribution in [2.75, 3.05) is 14.7 Å². The third-order valence-corrected chi connectivity index (χ3v) is 33.2. The van der Waals surface area contributed by atoms with Crippen molar-refractivity contribution in [1.29, 1.82) is 0 Å². The maximum Gasteiger partial charge on any atom is 0.135 e. The van der Waals surface area contributed by atoms with E-state index in [0.29, 0.717) is 0 Å². The van der Waals surface area contributed by atoms with Gasteiger partial charge in [-0.05, 0) is 318 Å². The first-order valence-corrected chi connectivity index (χ1v) is 53.2. The molecule has 149 heavy (non-hydrogen) atoms. The molecule has 23 aromatic carbocycles. The molecule has 0 aliphatic heterocycles. The minimum Gasteiger partial charge on any atom is -0.456 e. The Kier molecular flexibility index (Phi) is 22.9. The van der Waals surface area contributed by atoms with Crippen molar-refractivity contribution in [3.63, 3.8) is 0 Å². The summed E-state index contributed by atoms with van der Waals surface area (Å²) < 4.78 is 20.1. The molecule has 5 aromatic heterocycles. The van der Waals surface area contributed by atoms with Crippen LogP contribution in [0.5, 0.6) is 0 Å². The predicted molar refractivity (Wildman–Crippen MR) is 638 cm³/mol. The minimum absolute atomic E-state index is 0.00541. The van der Waals surface area contributed by atoms with Gasteiger partial charge in [0, 0.05) is 139 Å². The highest BCUT2D eigenvalue weighted by Gasteiger charge is 2.35. The number of hydrogen-bond donors (Lipinski definition) is 0. The van der Waals surface area contributed by atoms with Gasteiger partial charge in [0.15, 0.2) is 0 Å². The Balaban J connectivity index is 0.000000110. The van der Waals surface area contributed by atoms with Gasteiger partial charge in [0.2, 0.25) is 0 Å². The molecule has 0 atom stereocenters. The van der Waals surface area contributed by atoms with Crippen LogP contribution in [0.3, 0.4) is 0 Å². The monoisotopic (exact) mass is 1960 g/mol. The highest BCUT2D eigenvalue weighted by atomic mass is 32.1. The van der Waals surface area contributed by atoms with Crippen molar-refractivity contribution in [3.05, 3.63) is 551 Å². The topological polar surface area (TPSA) is 36.0 Å². The lowest BCUT2D eigenvalue weighted by Gasteiger charge is -2.26. The molecule has 8 heteroatoms. The third-order valence-electron chi connectivity index (χ3n) is 29.7. The van der Waals surface area contributed by atoms with Gasteiger partial charge in [-0.25, -0.2) is 0 Å². The zero-order valence-corrected chi connectivity index (χ0v) is 84.2.